The molecule has 4 atom stereocenters. The van der Waals surface area contributed by atoms with Gasteiger partial charge < -0.3 is 40.1 Å². The van der Waals surface area contributed by atoms with E-state index in [4.69, 9.17) is 9.47 Å². The Morgan fingerprint density at radius 2 is 1.73 bits per heavy atom. The van der Waals surface area contributed by atoms with Gasteiger partial charge >= 0.3 is 5.97 Å². The van der Waals surface area contributed by atoms with Gasteiger partial charge in [-0.3, -0.25) is 0 Å². The quantitative estimate of drug-likeness (QED) is 0.286. The van der Waals surface area contributed by atoms with Crippen molar-refractivity contribution in [1.29, 1.82) is 0 Å². The zero-order valence-corrected chi connectivity index (χ0v) is 11.3. The summed E-state index contributed by atoms with van der Waals surface area (Å²) in [4.78, 5) is 11.8. The van der Waals surface area contributed by atoms with E-state index in [1.165, 1.54) is 0 Å². The van der Waals surface area contributed by atoms with Gasteiger partial charge in [-0.05, 0) is 12.1 Å². The molecule has 2 rings (SSSR count). The number of phenolic OH excluding ortho intramolecular Hbond substituents is 3. The Kier molecular flexibility index (Phi) is 4.71. The molecule has 1 heterocycles. The van der Waals surface area contributed by atoms with Gasteiger partial charge in [0, 0.05) is 0 Å². The Balaban J connectivity index is 1.98. The molecular formula is C13H16O9. The highest BCUT2D eigenvalue weighted by Gasteiger charge is 2.38. The minimum Gasteiger partial charge on any atom is -0.504 e. The van der Waals surface area contributed by atoms with Gasteiger partial charge in [0.25, 0.3) is 0 Å². The van der Waals surface area contributed by atoms with E-state index in [1.54, 1.807) is 0 Å². The first kappa shape index (κ1) is 16.3. The van der Waals surface area contributed by atoms with Crippen molar-refractivity contribution in [3.63, 3.8) is 0 Å². The van der Waals surface area contributed by atoms with Crippen molar-refractivity contribution in [1.82, 2.24) is 0 Å². The van der Waals surface area contributed by atoms with E-state index < -0.39 is 54.2 Å². The summed E-state index contributed by atoms with van der Waals surface area (Å²) in [7, 11) is 0. The molecule has 9 nitrogen and oxygen atoms in total. The van der Waals surface area contributed by atoms with E-state index in [1.807, 2.05) is 0 Å². The van der Waals surface area contributed by atoms with Crippen LogP contribution in [0.1, 0.15) is 10.4 Å². The Bertz CT molecular complexity index is 535. The number of aliphatic hydroxyl groups excluding tert-OH is 3. The molecule has 1 fully saturated rings. The Morgan fingerprint density at radius 3 is 2.32 bits per heavy atom. The molecule has 6 N–H and O–H groups in total. The SMILES string of the molecule is O=C(OC[C@@H]1OC[C@H](O)[C@@H](O)[C@@H]1O)c1cc(O)c(O)c(O)c1. The molecule has 0 amide bonds. The predicted octanol–water partition coefficient (Wildman–Crippen LogP) is -1.56. The average molecular weight is 316 g/mol. The highest BCUT2D eigenvalue weighted by molar-refractivity contribution is 5.91. The summed E-state index contributed by atoms with van der Waals surface area (Å²) in [5, 5.41) is 56.2. The number of hydrogen-bond acceptors (Lipinski definition) is 9. The van der Waals surface area contributed by atoms with E-state index in [0.717, 1.165) is 12.1 Å². The Labute approximate surface area is 124 Å². The normalized spacial score (nSPS) is 28.3. The molecule has 0 aromatic heterocycles. The molecule has 1 aromatic rings. The van der Waals surface area contributed by atoms with Crippen LogP contribution in [0.3, 0.4) is 0 Å². The second-order valence-corrected chi connectivity index (χ2v) is 4.88. The first-order chi connectivity index (χ1) is 10.3. The maximum Gasteiger partial charge on any atom is 0.338 e. The molecule has 1 saturated heterocycles. The van der Waals surface area contributed by atoms with Crippen molar-refractivity contribution < 1.29 is 44.9 Å². The van der Waals surface area contributed by atoms with Crippen LogP contribution in [0.15, 0.2) is 12.1 Å². The third-order valence-electron chi connectivity index (χ3n) is 3.29. The standard InChI is InChI=1S/C13H16O9/c14-6-1-5(2-7(15)10(6)17)13(20)22-4-9-12(19)11(18)8(16)3-21-9/h1-2,8-9,11-12,14-19H,3-4H2/t8-,9-,11+,12+/m0/s1. The van der Waals surface area contributed by atoms with Gasteiger partial charge in [-0.25, -0.2) is 4.79 Å². The van der Waals surface area contributed by atoms with Gasteiger partial charge in [0.05, 0.1) is 12.2 Å². The van der Waals surface area contributed by atoms with Gasteiger partial charge in [-0.1, -0.05) is 0 Å². The van der Waals surface area contributed by atoms with Gasteiger partial charge in [0.2, 0.25) is 0 Å². The summed E-state index contributed by atoms with van der Waals surface area (Å²) in [6.45, 7) is -0.632. The van der Waals surface area contributed by atoms with Crippen LogP contribution in [0, 0.1) is 0 Å². The van der Waals surface area contributed by atoms with Gasteiger partial charge in [-0.15, -0.1) is 0 Å². The van der Waals surface area contributed by atoms with E-state index in [2.05, 4.69) is 0 Å². The molecule has 9 heteroatoms. The van der Waals surface area contributed by atoms with Crippen LogP contribution < -0.4 is 0 Å². The molecule has 0 spiro atoms. The third-order valence-corrected chi connectivity index (χ3v) is 3.29. The molecule has 0 saturated carbocycles. The number of carbonyl (C=O) groups is 1. The first-order valence-corrected chi connectivity index (χ1v) is 6.39. The molecular weight excluding hydrogens is 300 g/mol. The topological polar surface area (TPSA) is 157 Å². The highest BCUT2D eigenvalue weighted by atomic mass is 16.6. The van der Waals surface area contributed by atoms with Crippen LogP contribution in [0.5, 0.6) is 17.2 Å². The van der Waals surface area contributed by atoms with Crippen LogP contribution in [-0.4, -0.2) is 74.2 Å². The zero-order valence-electron chi connectivity index (χ0n) is 11.3. The summed E-state index contributed by atoms with van der Waals surface area (Å²) >= 11 is 0. The summed E-state index contributed by atoms with van der Waals surface area (Å²) in [5.41, 5.74) is -0.223. The average Bonchev–Trinajstić information content (AvgIpc) is 2.48. The fourth-order valence-corrected chi connectivity index (χ4v) is 1.98. The zero-order chi connectivity index (χ0) is 16.4. The van der Waals surface area contributed by atoms with Crippen molar-refractivity contribution in [3.8, 4) is 17.2 Å². The monoisotopic (exact) mass is 316 g/mol. The van der Waals surface area contributed by atoms with Crippen LogP contribution in [0.2, 0.25) is 0 Å². The fraction of sp³-hybridized carbons (Fsp3) is 0.462. The molecule has 1 aromatic carbocycles. The van der Waals surface area contributed by atoms with E-state index in [9.17, 15) is 35.4 Å². The summed E-state index contributed by atoms with van der Waals surface area (Å²) in [6, 6.07) is 1.79. The van der Waals surface area contributed by atoms with Crippen LogP contribution in [-0.2, 0) is 9.47 Å². The minimum atomic E-state index is -1.43. The van der Waals surface area contributed by atoms with Crippen molar-refractivity contribution >= 4 is 5.97 Å². The summed E-state index contributed by atoms with van der Waals surface area (Å²) in [5.74, 6) is -3.10. The number of ether oxygens (including phenoxy) is 2. The lowest BCUT2D eigenvalue weighted by Crippen LogP contribution is -2.54. The fourth-order valence-electron chi connectivity index (χ4n) is 1.98. The van der Waals surface area contributed by atoms with Crippen LogP contribution >= 0.6 is 0 Å². The van der Waals surface area contributed by atoms with Crippen molar-refractivity contribution in [3.05, 3.63) is 17.7 Å². The van der Waals surface area contributed by atoms with E-state index in [0.29, 0.717) is 0 Å². The maximum absolute atomic E-state index is 11.8. The molecule has 0 radical (unpaired) electrons. The molecule has 0 unspecified atom stereocenters. The largest absolute Gasteiger partial charge is 0.504 e. The smallest absolute Gasteiger partial charge is 0.338 e. The van der Waals surface area contributed by atoms with E-state index in [-0.39, 0.29) is 12.2 Å². The summed E-state index contributed by atoms with van der Waals surface area (Å²) < 4.78 is 9.90. The highest BCUT2D eigenvalue weighted by Crippen LogP contribution is 2.35. The van der Waals surface area contributed by atoms with Crippen molar-refractivity contribution in [2.45, 2.75) is 24.4 Å². The Morgan fingerprint density at radius 1 is 1.14 bits per heavy atom. The molecule has 122 valence electrons. The number of esters is 1. The number of hydrogen-bond donors (Lipinski definition) is 6. The van der Waals surface area contributed by atoms with Crippen molar-refractivity contribution in [2.24, 2.45) is 0 Å². The number of phenols is 3. The predicted molar refractivity (Wildman–Crippen MR) is 69.5 cm³/mol. The number of benzene rings is 1. The van der Waals surface area contributed by atoms with Gasteiger partial charge in [0.15, 0.2) is 17.2 Å². The van der Waals surface area contributed by atoms with Crippen molar-refractivity contribution in [2.75, 3.05) is 13.2 Å². The van der Waals surface area contributed by atoms with Gasteiger partial charge in [0.1, 0.15) is 31.0 Å². The second-order valence-electron chi connectivity index (χ2n) is 4.88. The van der Waals surface area contributed by atoms with Crippen LogP contribution in [0.4, 0.5) is 0 Å². The lowest BCUT2D eigenvalue weighted by molar-refractivity contribution is -0.195. The molecule has 1 aliphatic rings. The molecule has 0 aliphatic carbocycles. The Hall–Kier alpha value is -2.07. The van der Waals surface area contributed by atoms with E-state index >= 15 is 0 Å². The third kappa shape index (κ3) is 3.22. The molecule has 1 aliphatic heterocycles. The lowest BCUT2D eigenvalue weighted by atomic mass is 10.0. The number of aliphatic hydroxyl groups is 3. The molecule has 22 heavy (non-hydrogen) atoms. The number of aromatic hydroxyl groups is 3. The van der Waals surface area contributed by atoms with Gasteiger partial charge in [-0.2, -0.15) is 0 Å². The number of carbonyl (C=O) groups excluding carboxylic acids is 1. The molecule has 0 bridgehead atoms. The first-order valence-electron chi connectivity index (χ1n) is 6.39. The lowest BCUT2D eigenvalue weighted by Gasteiger charge is -2.34. The second kappa shape index (κ2) is 6.36. The minimum absolute atomic E-state index is 0.221. The van der Waals surface area contributed by atoms with Crippen LogP contribution in [0.25, 0.3) is 0 Å². The number of rotatable bonds is 3. The maximum atomic E-state index is 11.8. The summed E-state index contributed by atoms with van der Waals surface area (Å²) in [6.07, 6.45) is -5.10.